The molecule has 1 fully saturated rings. The number of hydrogen-bond acceptors (Lipinski definition) is 4. The van der Waals surface area contributed by atoms with Crippen molar-refractivity contribution in [2.24, 2.45) is 0 Å². The summed E-state index contributed by atoms with van der Waals surface area (Å²) in [5, 5.41) is 0.754. The van der Waals surface area contributed by atoms with Gasteiger partial charge in [-0.05, 0) is 48.6 Å². The van der Waals surface area contributed by atoms with Crippen molar-refractivity contribution in [1.29, 1.82) is 0 Å². The molecule has 0 amide bonds. The lowest BCUT2D eigenvalue weighted by molar-refractivity contribution is -0.0249. The molecule has 0 bridgehead atoms. The Morgan fingerprint density at radius 2 is 1.94 bits per heavy atom. The van der Waals surface area contributed by atoms with Gasteiger partial charge in [-0.2, -0.15) is 0 Å². The zero-order chi connectivity index (χ0) is 21.7. The minimum atomic E-state index is 0.338. The number of methoxy groups -OCH3 is 1. The highest BCUT2D eigenvalue weighted by Crippen LogP contribution is 2.37. The maximum Gasteiger partial charge on any atom is 0.142 e. The summed E-state index contributed by atoms with van der Waals surface area (Å²) in [6.07, 6.45) is 4.32. The first-order chi connectivity index (χ1) is 15.7. The monoisotopic (exact) mass is 449 g/mol. The average Bonchev–Trinajstić information content (AvgIpc) is 3.15. The molecule has 3 aromatic rings. The van der Waals surface area contributed by atoms with Crippen LogP contribution < -0.4 is 4.74 Å². The molecular formula is C26H28ClN3O2. The topological polar surface area (TPSA) is 39.5 Å². The second-order valence-electron chi connectivity index (χ2n) is 9.08. The first-order valence-corrected chi connectivity index (χ1v) is 11.9. The highest BCUT2D eigenvalue weighted by atomic mass is 35.5. The van der Waals surface area contributed by atoms with Crippen molar-refractivity contribution < 1.29 is 9.47 Å². The molecule has 0 spiro atoms. The zero-order valence-corrected chi connectivity index (χ0v) is 19.1. The van der Waals surface area contributed by atoms with Crippen LogP contribution in [0.5, 0.6) is 5.75 Å². The number of aryl methyl sites for hydroxylation is 1. The standard InChI is InChI=1S/C26H28ClN3O2/c1-31-25-8-4-5-17-9-10-18(13-21(17)25)29-12-11-23-24(14-29)30(19-15-32-16-19)26(28-23)20-6-2-3-7-22(20)27/h2-8,18-19H,9-16H2,1H3. The van der Waals surface area contributed by atoms with Crippen LogP contribution in [0.2, 0.25) is 5.02 Å². The SMILES string of the molecule is COc1cccc2c1CC(N1CCc3nc(-c4ccccc4Cl)n(C4COC4)c3C1)CC2. The molecule has 32 heavy (non-hydrogen) atoms. The number of aromatic nitrogens is 2. The molecule has 2 aliphatic heterocycles. The van der Waals surface area contributed by atoms with Gasteiger partial charge in [0.2, 0.25) is 0 Å². The Kier molecular flexibility index (Phi) is 5.21. The quantitative estimate of drug-likeness (QED) is 0.578. The fourth-order valence-electron chi connectivity index (χ4n) is 5.55. The number of nitrogens with zero attached hydrogens (tertiary/aromatic N) is 3. The number of ether oxygens (including phenoxy) is 2. The van der Waals surface area contributed by atoms with Gasteiger partial charge in [0.1, 0.15) is 11.6 Å². The van der Waals surface area contributed by atoms with Crippen LogP contribution in [0.3, 0.4) is 0 Å². The molecule has 1 aromatic heterocycles. The van der Waals surface area contributed by atoms with Crippen LogP contribution >= 0.6 is 11.6 Å². The largest absolute Gasteiger partial charge is 0.496 e. The van der Waals surface area contributed by atoms with Crippen LogP contribution in [0.15, 0.2) is 42.5 Å². The number of hydrogen-bond donors (Lipinski definition) is 0. The van der Waals surface area contributed by atoms with E-state index >= 15 is 0 Å². The van der Waals surface area contributed by atoms with E-state index < -0.39 is 0 Å². The van der Waals surface area contributed by atoms with Gasteiger partial charge in [-0.15, -0.1) is 0 Å². The Labute approximate surface area is 193 Å². The molecule has 0 N–H and O–H groups in total. The maximum absolute atomic E-state index is 6.58. The van der Waals surface area contributed by atoms with Crippen LogP contribution in [0.25, 0.3) is 11.4 Å². The van der Waals surface area contributed by atoms with E-state index in [1.54, 1.807) is 7.11 Å². The summed E-state index contributed by atoms with van der Waals surface area (Å²) in [7, 11) is 1.78. The van der Waals surface area contributed by atoms with E-state index in [9.17, 15) is 0 Å². The lowest BCUT2D eigenvalue weighted by Gasteiger charge is -2.39. The third-order valence-corrected chi connectivity index (χ3v) is 7.66. The summed E-state index contributed by atoms with van der Waals surface area (Å²) >= 11 is 6.58. The van der Waals surface area contributed by atoms with Gasteiger partial charge in [0, 0.05) is 31.1 Å². The highest BCUT2D eigenvalue weighted by molar-refractivity contribution is 6.33. The molecular weight excluding hydrogens is 422 g/mol. The van der Waals surface area contributed by atoms with E-state index in [-0.39, 0.29) is 0 Å². The molecule has 1 aliphatic carbocycles. The minimum absolute atomic E-state index is 0.338. The fourth-order valence-corrected chi connectivity index (χ4v) is 5.77. The van der Waals surface area contributed by atoms with Gasteiger partial charge in [0.05, 0.1) is 42.8 Å². The molecule has 6 rings (SSSR count). The molecule has 1 atom stereocenters. The second-order valence-corrected chi connectivity index (χ2v) is 9.49. The second kappa shape index (κ2) is 8.22. The Morgan fingerprint density at radius 3 is 2.72 bits per heavy atom. The van der Waals surface area contributed by atoms with Gasteiger partial charge in [0.15, 0.2) is 0 Å². The molecule has 3 aliphatic rings. The summed E-state index contributed by atoms with van der Waals surface area (Å²) in [4.78, 5) is 7.76. The van der Waals surface area contributed by atoms with E-state index in [1.165, 1.54) is 28.9 Å². The molecule has 1 unspecified atom stereocenters. The van der Waals surface area contributed by atoms with Crippen LogP contribution in [0.1, 0.15) is 35.0 Å². The van der Waals surface area contributed by atoms with Crippen LogP contribution in [-0.2, 0) is 30.5 Å². The van der Waals surface area contributed by atoms with Gasteiger partial charge in [-0.25, -0.2) is 4.98 Å². The maximum atomic E-state index is 6.58. The molecule has 0 radical (unpaired) electrons. The van der Waals surface area contributed by atoms with Crippen LogP contribution in [0.4, 0.5) is 0 Å². The van der Waals surface area contributed by atoms with Gasteiger partial charge in [-0.3, -0.25) is 4.90 Å². The predicted molar refractivity (Wildman–Crippen MR) is 125 cm³/mol. The van der Waals surface area contributed by atoms with E-state index in [0.717, 1.165) is 67.7 Å². The smallest absolute Gasteiger partial charge is 0.142 e. The Bertz CT molecular complexity index is 1140. The Balaban J connectivity index is 1.33. The molecule has 5 nitrogen and oxygen atoms in total. The van der Waals surface area contributed by atoms with Gasteiger partial charge in [0.25, 0.3) is 0 Å². The highest BCUT2D eigenvalue weighted by Gasteiger charge is 2.35. The van der Waals surface area contributed by atoms with E-state index in [2.05, 4.69) is 33.7 Å². The zero-order valence-electron chi connectivity index (χ0n) is 18.4. The molecule has 3 heterocycles. The molecule has 0 saturated carbocycles. The number of imidazole rings is 1. The average molecular weight is 450 g/mol. The van der Waals surface area contributed by atoms with Crippen molar-refractivity contribution in [3.63, 3.8) is 0 Å². The van der Waals surface area contributed by atoms with Gasteiger partial charge < -0.3 is 14.0 Å². The van der Waals surface area contributed by atoms with Crippen LogP contribution in [-0.4, -0.2) is 47.4 Å². The molecule has 6 heteroatoms. The van der Waals surface area contributed by atoms with Crippen molar-refractivity contribution in [3.8, 4) is 17.1 Å². The normalized spacial score (nSPS) is 21.0. The summed E-state index contributed by atoms with van der Waals surface area (Å²) < 4.78 is 13.7. The summed E-state index contributed by atoms with van der Waals surface area (Å²) in [6.45, 7) is 3.46. The summed E-state index contributed by atoms with van der Waals surface area (Å²) in [5.41, 5.74) is 6.39. The third kappa shape index (κ3) is 3.35. The van der Waals surface area contributed by atoms with E-state index in [0.29, 0.717) is 12.1 Å². The number of fused-ring (bicyclic) bond motifs is 2. The van der Waals surface area contributed by atoms with E-state index in [1.807, 2.05) is 18.2 Å². The number of benzene rings is 2. The fraction of sp³-hybridized carbons (Fsp3) is 0.423. The van der Waals surface area contributed by atoms with Gasteiger partial charge in [-0.1, -0.05) is 35.9 Å². The lowest BCUT2D eigenvalue weighted by Crippen LogP contribution is -2.43. The van der Waals surface area contributed by atoms with Crippen molar-refractivity contribution in [2.45, 2.75) is 44.3 Å². The van der Waals surface area contributed by atoms with Crippen molar-refractivity contribution in [2.75, 3.05) is 26.9 Å². The predicted octanol–water partition coefficient (Wildman–Crippen LogP) is 4.70. The lowest BCUT2D eigenvalue weighted by atomic mass is 9.86. The van der Waals surface area contributed by atoms with E-state index in [4.69, 9.17) is 26.1 Å². The van der Waals surface area contributed by atoms with Crippen molar-refractivity contribution in [3.05, 3.63) is 70.0 Å². The van der Waals surface area contributed by atoms with Crippen molar-refractivity contribution in [1.82, 2.24) is 14.5 Å². The van der Waals surface area contributed by atoms with Crippen molar-refractivity contribution >= 4 is 11.6 Å². The summed E-state index contributed by atoms with van der Waals surface area (Å²) in [6, 6.07) is 15.4. The third-order valence-electron chi connectivity index (χ3n) is 7.34. The molecule has 166 valence electrons. The first-order valence-electron chi connectivity index (χ1n) is 11.5. The first kappa shape index (κ1) is 20.3. The Hall–Kier alpha value is -2.34. The minimum Gasteiger partial charge on any atom is -0.496 e. The molecule has 1 saturated heterocycles. The number of rotatable bonds is 4. The Morgan fingerprint density at radius 1 is 1.06 bits per heavy atom. The summed E-state index contributed by atoms with van der Waals surface area (Å²) in [5.74, 6) is 2.02. The number of halogens is 1. The molecule has 2 aromatic carbocycles. The van der Waals surface area contributed by atoms with Crippen LogP contribution in [0, 0.1) is 0 Å². The van der Waals surface area contributed by atoms with Gasteiger partial charge >= 0.3 is 0 Å².